The molecule has 2 rings (SSSR count). The second-order valence-electron chi connectivity index (χ2n) is 6.45. The summed E-state index contributed by atoms with van der Waals surface area (Å²) in [5.74, 6) is 0.919. The first-order valence-corrected chi connectivity index (χ1v) is 7.77. The van der Waals surface area contributed by atoms with Crippen molar-refractivity contribution in [2.75, 3.05) is 7.11 Å². The molecule has 128 valence electrons. The molecule has 0 heterocycles. The minimum absolute atomic E-state index is 0.0941. The molecule has 0 saturated heterocycles. The van der Waals surface area contributed by atoms with Gasteiger partial charge in [-0.15, -0.1) is 0 Å². The van der Waals surface area contributed by atoms with Crippen LogP contribution in [0.3, 0.4) is 0 Å². The summed E-state index contributed by atoms with van der Waals surface area (Å²) in [6, 6.07) is 7.24. The molecule has 2 aromatic rings. The van der Waals surface area contributed by atoms with Crippen molar-refractivity contribution in [3.8, 4) is 28.4 Å². The van der Waals surface area contributed by atoms with E-state index in [4.69, 9.17) is 4.74 Å². The number of hydrogen-bond acceptors (Lipinski definition) is 4. The van der Waals surface area contributed by atoms with Crippen LogP contribution in [0.1, 0.15) is 30.5 Å². The zero-order valence-corrected chi connectivity index (χ0v) is 14.7. The summed E-state index contributed by atoms with van der Waals surface area (Å²) in [7, 11) is 1.59. The van der Waals surface area contributed by atoms with Crippen LogP contribution in [0.2, 0.25) is 0 Å². The molecule has 0 aliphatic rings. The molecule has 3 N–H and O–H groups in total. The molecule has 2 aromatic carbocycles. The molecule has 0 saturated carbocycles. The number of phenols is 2. The molecule has 0 spiro atoms. The number of benzene rings is 2. The van der Waals surface area contributed by atoms with Crippen molar-refractivity contribution in [2.45, 2.75) is 33.3 Å². The van der Waals surface area contributed by atoms with Gasteiger partial charge in [0.1, 0.15) is 17.2 Å². The molecule has 4 nitrogen and oxygen atoms in total. The molecule has 0 aliphatic heterocycles. The molecule has 4 heteroatoms. The van der Waals surface area contributed by atoms with Crippen LogP contribution in [0.15, 0.2) is 30.3 Å². The summed E-state index contributed by atoms with van der Waals surface area (Å²) in [6.07, 6.45) is 3.23. The number of aliphatic hydroxyl groups is 1. The monoisotopic (exact) mass is 328 g/mol. The van der Waals surface area contributed by atoms with Gasteiger partial charge in [-0.25, -0.2) is 0 Å². The first kappa shape index (κ1) is 17.9. The first-order valence-electron chi connectivity index (χ1n) is 7.77. The van der Waals surface area contributed by atoms with E-state index in [-0.39, 0.29) is 11.5 Å². The van der Waals surface area contributed by atoms with Gasteiger partial charge in [-0.3, -0.25) is 0 Å². The Morgan fingerprint density at radius 3 is 2.00 bits per heavy atom. The van der Waals surface area contributed by atoms with Crippen LogP contribution in [0.25, 0.3) is 17.2 Å². The molecule has 0 unspecified atom stereocenters. The van der Waals surface area contributed by atoms with Gasteiger partial charge < -0.3 is 20.1 Å². The Morgan fingerprint density at radius 1 is 0.958 bits per heavy atom. The largest absolute Gasteiger partial charge is 0.507 e. The van der Waals surface area contributed by atoms with Crippen molar-refractivity contribution >= 4 is 6.08 Å². The summed E-state index contributed by atoms with van der Waals surface area (Å²) in [4.78, 5) is 0. The number of ether oxygens (including phenoxy) is 1. The molecule has 0 radical (unpaired) electrons. The third-order valence-electron chi connectivity index (χ3n) is 4.07. The molecule has 24 heavy (non-hydrogen) atoms. The number of hydrogen-bond donors (Lipinski definition) is 3. The third kappa shape index (κ3) is 3.54. The van der Waals surface area contributed by atoms with Crippen LogP contribution in [0, 0.1) is 13.8 Å². The topological polar surface area (TPSA) is 69.9 Å². The zero-order chi connectivity index (χ0) is 18.1. The Hall–Kier alpha value is -2.46. The van der Waals surface area contributed by atoms with E-state index in [2.05, 4.69) is 0 Å². The van der Waals surface area contributed by atoms with Crippen LogP contribution in [0.5, 0.6) is 17.2 Å². The highest BCUT2D eigenvalue weighted by molar-refractivity contribution is 5.86. The minimum atomic E-state index is -1.03. The summed E-state index contributed by atoms with van der Waals surface area (Å²) in [6.45, 7) is 6.81. The smallest absolute Gasteiger partial charge is 0.127 e. The van der Waals surface area contributed by atoms with Gasteiger partial charge in [-0.1, -0.05) is 24.3 Å². The maximum absolute atomic E-state index is 10.7. The molecule has 0 atom stereocenters. The van der Waals surface area contributed by atoms with Crippen molar-refractivity contribution < 1.29 is 20.1 Å². The van der Waals surface area contributed by atoms with Crippen molar-refractivity contribution in [1.29, 1.82) is 0 Å². The number of aromatic hydroxyl groups is 2. The van der Waals surface area contributed by atoms with Gasteiger partial charge in [0.15, 0.2) is 0 Å². The molecule has 0 amide bonds. The summed E-state index contributed by atoms with van der Waals surface area (Å²) in [5, 5.41) is 31.2. The average molecular weight is 328 g/mol. The normalized spacial score (nSPS) is 11.9. The Labute approximate surface area is 142 Å². The Morgan fingerprint density at radius 2 is 1.50 bits per heavy atom. The number of methoxy groups -OCH3 is 1. The lowest BCUT2D eigenvalue weighted by molar-refractivity contribution is 0.134. The van der Waals surface area contributed by atoms with Crippen molar-refractivity contribution in [1.82, 2.24) is 0 Å². The highest BCUT2D eigenvalue weighted by Gasteiger charge is 2.20. The summed E-state index contributed by atoms with van der Waals surface area (Å²) < 4.78 is 5.17. The van der Waals surface area contributed by atoms with Crippen molar-refractivity contribution in [2.24, 2.45) is 0 Å². The lowest BCUT2D eigenvalue weighted by atomic mass is 9.91. The fraction of sp³-hybridized carbons (Fsp3) is 0.300. The molecule has 0 bridgehead atoms. The number of rotatable bonds is 4. The van der Waals surface area contributed by atoms with Crippen LogP contribution >= 0.6 is 0 Å². The fourth-order valence-electron chi connectivity index (χ4n) is 2.49. The van der Waals surface area contributed by atoms with E-state index in [9.17, 15) is 15.3 Å². The second kappa shape index (κ2) is 6.57. The highest BCUT2D eigenvalue weighted by atomic mass is 16.5. The maximum atomic E-state index is 10.7. The van der Waals surface area contributed by atoms with Crippen molar-refractivity contribution in [3.05, 3.63) is 47.0 Å². The van der Waals surface area contributed by atoms with Crippen LogP contribution < -0.4 is 4.74 Å². The summed E-state index contributed by atoms with van der Waals surface area (Å²) >= 11 is 0. The maximum Gasteiger partial charge on any atom is 0.127 e. The lowest BCUT2D eigenvalue weighted by Gasteiger charge is -2.18. The van der Waals surface area contributed by atoms with E-state index in [0.29, 0.717) is 28.0 Å². The van der Waals surface area contributed by atoms with Gasteiger partial charge in [0.05, 0.1) is 12.7 Å². The fourth-order valence-corrected chi connectivity index (χ4v) is 2.49. The van der Waals surface area contributed by atoms with E-state index in [1.807, 2.05) is 12.1 Å². The van der Waals surface area contributed by atoms with Gasteiger partial charge in [0.2, 0.25) is 0 Å². The Bertz CT molecular complexity index is 766. The van der Waals surface area contributed by atoms with E-state index in [0.717, 1.165) is 5.56 Å². The molecule has 0 aliphatic carbocycles. The van der Waals surface area contributed by atoms with Crippen LogP contribution in [0.4, 0.5) is 0 Å². The van der Waals surface area contributed by atoms with Crippen LogP contribution in [-0.2, 0) is 0 Å². The SMILES string of the molecule is COc1ccc(-c2c(O)c(C)c(C)c(O)c2C=CC(C)(C)O)cc1. The van der Waals surface area contributed by atoms with Crippen molar-refractivity contribution in [3.63, 3.8) is 0 Å². The predicted molar refractivity (Wildman–Crippen MR) is 96.6 cm³/mol. The standard InChI is InChI=1S/C20H24O4/c1-12-13(2)19(22)17(14-6-8-15(24-5)9-7-14)16(18(12)21)10-11-20(3,4)23/h6-11,21-23H,1-5H3. The molecule has 0 fully saturated rings. The first-order chi connectivity index (χ1) is 11.2. The van der Waals surface area contributed by atoms with E-state index in [1.54, 1.807) is 59.1 Å². The predicted octanol–water partition coefficient (Wildman–Crippen LogP) is 4.17. The van der Waals surface area contributed by atoms with E-state index < -0.39 is 5.60 Å². The number of phenolic OH excluding ortho intramolecular Hbond substituents is 2. The third-order valence-corrected chi connectivity index (χ3v) is 4.07. The quantitative estimate of drug-likeness (QED) is 0.737. The van der Waals surface area contributed by atoms with Gasteiger partial charge in [-0.2, -0.15) is 0 Å². The van der Waals surface area contributed by atoms with Crippen LogP contribution in [-0.4, -0.2) is 28.0 Å². The molecular weight excluding hydrogens is 304 g/mol. The van der Waals surface area contributed by atoms with Gasteiger partial charge in [-0.05, 0) is 56.5 Å². The average Bonchev–Trinajstić information content (AvgIpc) is 2.54. The lowest BCUT2D eigenvalue weighted by Crippen LogP contribution is -2.13. The second-order valence-corrected chi connectivity index (χ2v) is 6.45. The van der Waals surface area contributed by atoms with E-state index >= 15 is 0 Å². The van der Waals surface area contributed by atoms with Gasteiger partial charge >= 0.3 is 0 Å². The van der Waals surface area contributed by atoms with E-state index in [1.165, 1.54) is 0 Å². The Balaban J connectivity index is 2.74. The zero-order valence-electron chi connectivity index (χ0n) is 14.7. The highest BCUT2D eigenvalue weighted by Crippen LogP contribution is 2.44. The van der Waals surface area contributed by atoms with Gasteiger partial charge in [0.25, 0.3) is 0 Å². The molecule has 0 aromatic heterocycles. The van der Waals surface area contributed by atoms with Gasteiger partial charge in [0, 0.05) is 11.1 Å². The molecular formula is C20H24O4. The summed E-state index contributed by atoms with van der Waals surface area (Å²) in [5.41, 5.74) is 1.96. The minimum Gasteiger partial charge on any atom is -0.507 e. The Kier molecular flexibility index (Phi) is 4.90.